The summed E-state index contributed by atoms with van der Waals surface area (Å²) in [4.78, 5) is 11.1. The molecule has 0 amide bonds. The van der Waals surface area contributed by atoms with E-state index in [4.69, 9.17) is 0 Å². The van der Waals surface area contributed by atoms with Crippen LogP contribution in [-0.4, -0.2) is 6.29 Å². The second kappa shape index (κ2) is 3.67. The highest BCUT2D eigenvalue weighted by Gasteiger charge is 2.00. The van der Waals surface area contributed by atoms with Gasteiger partial charge in [0.1, 0.15) is 0 Å². The van der Waals surface area contributed by atoms with Gasteiger partial charge in [-0.15, -0.1) is 11.3 Å². The van der Waals surface area contributed by atoms with Gasteiger partial charge in [0, 0.05) is 0 Å². The van der Waals surface area contributed by atoms with Crippen LogP contribution in [0, 0.1) is 5.92 Å². The van der Waals surface area contributed by atoms with Crippen LogP contribution in [0.5, 0.6) is 0 Å². The van der Waals surface area contributed by atoms with Crippen molar-refractivity contribution >= 4 is 17.6 Å². The predicted octanol–water partition coefficient (Wildman–Crippen LogP) is 2.76. The average Bonchev–Trinajstić information content (AvgIpc) is 2.34. The SMILES string of the molecule is CC(C)Cc1csc(C=O)c1. The second-order valence-corrected chi connectivity index (χ2v) is 4.02. The highest BCUT2D eigenvalue weighted by atomic mass is 32.1. The summed E-state index contributed by atoms with van der Waals surface area (Å²) in [5.74, 6) is 0.670. The highest BCUT2D eigenvalue weighted by molar-refractivity contribution is 7.11. The van der Waals surface area contributed by atoms with E-state index in [1.54, 1.807) is 0 Å². The molecule has 11 heavy (non-hydrogen) atoms. The van der Waals surface area contributed by atoms with Gasteiger partial charge in [0.25, 0.3) is 0 Å². The van der Waals surface area contributed by atoms with Crippen LogP contribution in [0.15, 0.2) is 11.4 Å². The highest BCUT2D eigenvalue weighted by Crippen LogP contribution is 2.15. The topological polar surface area (TPSA) is 17.1 Å². The lowest BCUT2D eigenvalue weighted by Gasteiger charge is -1.99. The summed E-state index contributed by atoms with van der Waals surface area (Å²) in [6.45, 7) is 4.36. The molecule has 0 unspecified atom stereocenters. The summed E-state index contributed by atoms with van der Waals surface area (Å²) in [6, 6.07) is 1.97. The zero-order valence-corrected chi connectivity index (χ0v) is 7.65. The van der Waals surface area contributed by atoms with E-state index >= 15 is 0 Å². The molecule has 0 saturated heterocycles. The maximum Gasteiger partial charge on any atom is 0.160 e. The van der Waals surface area contributed by atoms with Gasteiger partial charge in [-0.1, -0.05) is 13.8 Å². The molecule has 0 bridgehead atoms. The molecule has 0 radical (unpaired) electrons. The minimum absolute atomic E-state index is 0.670. The Morgan fingerprint density at radius 3 is 2.82 bits per heavy atom. The molecule has 0 fully saturated rings. The van der Waals surface area contributed by atoms with E-state index in [1.807, 2.05) is 6.07 Å². The molecule has 0 saturated carbocycles. The zero-order valence-electron chi connectivity index (χ0n) is 6.83. The van der Waals surface area contributed by atoms with E-state index in [-0.39, 0.29) is 0 Å². The summed E-state index contributed by atoms with van der Waals surface area (Å²) in [5, 5.41) is 2.06. The second-order valence-electron chi connectivity index (χ2n) is 3.07. The van der Waals surface area contributed by atoms with Gasteiger partial charge >= 0.3 is 0 Å². The normalized spacial score (nSPS) is 10.5. The van der Waals surface area contributed by atoms with Crippen LogP contribution in [0.25, 0.3) is 0 Å². The van der Waals surface area contributed by atoms with Crippen molar-refractivity contribution in [2.45, 2.75) is 20.3 Å². The Labute approximate surface area is 71.1 Å². The Hall–Kier alpha value is -0.630. The van der Waals surface area contributed by atoms with Crippen LogP contribution < -0.4 is 0 Å². The summed E-state index contributed by atoms with van der Waals surface area (Å²) >= 11 is 1.52. The third-order valence-electron chi connectivity index (χ3n) is 1.43. The first-order valence-electron chi connectivity index (χ1n) is 3.75. The lowest BCUT2D eigenvalue weighted by molar-refractivity contribution is 0.112. The molecular formula is C9H12OS. The molecule has 0 aliphatic rings. The van der Waals surface area contributed by atoms with Crippen LogP contribution in [0.2, 0.25) is 0 Å². The summed E-state index contributed by atoms with van der Waals surface area (Å²) in [5.41, 5.74) is 1.28. The summed E-state index contributed by atoms with van der Waals surface area (Å²) in [6.07, 6.45) is 1.98. The molecule has 0 N–H and O–H groups in total. The van der Waals surface area contributed by atoms with Crippen LogP contribution in [0.1, 0.15) is 29.1 Å². The van der Waals surface area contributed by atoms with Crippen molar-refractivity contribution in [2.24, 2.45) is 5.92 Å². The average molecular weight is 168 g/mol. The van der Waals surface area contributed by atoms with Gasteiger partial charge in [-0.2, -0.15) is 0 Å². The van der Waals surface area contributed by atoms with Gasteiger partial charge in [-0.25, -0.2) is 0 Å². The van der Waals surface area contributed by atoms with Crippen molar-refractivity contribution in [1.82, 2.24) is 0 Å². The lowest BCUT2D eigenvalue weighted by Crippen LogP contribution is -1.90. The molecule has 0 aliphatic heterocycles. The Morgan fingerprint density at radius 1 is 1.64 bits per heavy atom. The number of aldehydes is 1. The predicted molar refractivity (Wildman–Crippen MR) is 48.2 cm³/mol. The summed E-state index contributed by atoms with van der Waals surface area (Å²) in [7, 11) is 0. The maximum atomic E-state index is 10.3. The molecule has 60 valence electrons. The van der Waals surface area contributed by atoms with Gasteiger partial charge in [0.2, 0.25) is 0 Å². The van der Waals surface area contributed by atoms with Crippen molar-refractivity contribution in [3.63, 3.8) is 0 Å². The molecule has 1 rings (SSSR count). The number of thiophene rings is 1. The number of carbonyl (C=O) groups is 1. The maximum absolute atomic E-state index is 10.3. The molecule has 1 aromatic rings. The molecule has 1 heterocycles. The Balaban J connectivity index is 2.65. The molecule has 0 aromatic carbocycles. The first-order valence-corrected chi connectivity index (χ1v) is 4.63. The van der Waals surface area contributed by atoms with Gasteiger partial charge in [-0.3, -0.25) is 4.79 Å². The monoisotopic (exact) mass is 168 g/mol. The quantitative estimate of drug-likeness (QED) is 0.634. The van der Waals surface area contributed by atoms with Crippen molar-refractivity contribution in [3.05, 3.63) is 21.9 Å². The van der Waals surface area contributed by atoms with Crippen molar-refractivity contribution in [2.75, 3.05) is 0 Å². The smallest absolute Gasteiger partial charge is 0.160 e. The first kappa shape index (κ1) is 8.47. The van der Waals surface area contributed by atoms with E-state index in [9.17, 15) is 4.79 Å². The molecule has 2 heteroatoms. The van der Waals surface area contributed by atoms with Gasteiger partial charge < -0.3 is 0 Å². The molecule has 1 aromatic heterocycles. The van der Waals surface area contributed by atoms with Crippen molar-refractivity contribution in [3.8, 4) is 0 Å². The standard InChI is InChI=1S/C9H12OS/c1-7(2)3-8-4-9(5-10)11-6-8/h4-7H,3H2,1-2H3. The summed E-state index contributed by atoms with van der Waals surface area (Å²) < 4.78 is 0. The van der Waals surface area contributed by atoms with Crippen molar-refractivity contribution < 1.29 is 4.79 Å². The van der Waals surface area contributed by atoms with Crippen molar-refractivity contribution in [1.29, 1.82) is 0 Å². The minimum Gasteiger partial charge on any atom is -0.297 e. The van der Waals surface area contributed by atoms with Gasteiger partial charge in [-0.05, 0) is 29.3 Å². The van der Waals surface area contributed by atoms with Gasteiger partial charge in [0.05, 0.1) is 4.88 Å². The van der Waals surface area contributed by atoms with E-state index in [2.05, 4.69) is 19.2 Å². The lowest BCUT2D eigenvalue weighted by atomic mass is 10.1. The molecule has 0 atom stereocenters. The van der Waals surface area contributed by atoms with Gasteiger partial charge in [0.15, 0.2) is 6.29 Å². The van der Waals surface area contributed by atoms with Crippen LogP contribution in [0.3, 0.4) is 0 Å². The fourth-order valence-electron chi connectivity index (χ4n) is 1.03. The number of hydrogen-bond donors (Lipinski definition) is 0. The number of hydrogen-bond acceptors (Lipinski definition) is 2. The Kier molecular flexibility index (Phi) is 2.83. The Bertz CT molecular complexity index is 237. The Morgan fingerprint density at radius 2 is 2.36 bits per heavy atom. The minimum atomic E-state index is 0.670. The molecule has 0 aliphatic carbocycles. The molecular weight excluding hydrogens is 156 g/mol. The third-order valence-corrected chi connectivity index (χ3v) is 2.34. The largest absolute Gasteiger partial charge is 0.297 e. The fraction of sp³-hybridized carbons (Fsp3) is 0.444. The van der Waals surface area contributed by atoms with Crippen LogP contribution in [-0.2, 0) is 6.42 Å². The first-order chi connectivity index (χ1) is 5.22. The van der Waals surface area contributed by atoms with E-state index in [0.717, 1.165) is 17.6 Å². The fourth-order valence-corrected chi connectivity index (χ4v) is 1.76. The number of rotatable bonds is 3. The third kappa shape index (κ3) is 2.46. The molecule has 0 spiro atoms. The van der Waals surface area contributed by atoms with E-state index in [1.165, 1.54) is 16.9 Å². The van der Waals surface area contributed by atoms with E-state index < -0.39 is 0 Å². The number of carbonyl (C=O) groups excluding carboxylic acids is 1. The van der Waals surface area contributed by atoms with E-state index in [0.29, 0.717) is 5.92 Å². The zero-order chi connectivity index (χ0) is 8.27. The van der Waals surface area contributed by atoms with Crippen LogP contribution in [0.4, 0.5) is 0 Å². The van der Waals surface area contributed by atoms with Crippen LogP contribution >= 0.6 is 11.3 Å². The molecule has 1 nitrogen and oxygen atoms in total.